The highest BCUT2D eigenvalue weighted by Gasteiger charge is 2.66. The molecule has 1 aromatic carbocycles. The quantitative estimate of drug-likeness (QED) is 0.340. The molecule has 2 fully saturated rings. The Morgan fingerprint density at radius 1 is 1.35 bits per heavy atom. The molecule has 2 saturated heterocycles. The number of hydrogen-bond acceptors (Lipinski definition) is 5. The normalized spacial score (nSPS) is 34.3. The zero-order valence-corrected chi connectivity index (χ0v) is 13.5. The molecule has 2 amide bonds. The van der Waals surface area contributed by atoms with E-state index in [4.69, 9.17) is 4.74 Å². The lowest BCUT2D eigenvalue weighted by atomic mass is 9.78. The number of carbonyl (C=O) groups is 2. The fourth-order valence-corrected chi connectivity index (χ4v) is 4.07. The Bertz CT molecular complexity index is 807. The lowest BCUT2D eigenvalue weighted by Gasteiger charge is -2.24. The SMILES string of the molecule is C[C@@]12C=C[C@H](O1)[C@H]1C(=O)N(c3ccc(Br)cc3[N+](=O)[O-])C(=O)[C@@H]12. The van der Waals surface area contributed by atoms with Crippen LogP contribution in [-0.4, -0.2) is 28.4 Å². The number of halogens is 1. The van der Waals surface area contributed by atoms with E-state index in [1.54, 1.807) is 25.1 Å². The van der Waals surface area contributed by atoms with Crippen LogP contribution in [0.25, 0.3) is 0 Å². The summed E-state index contributed by atoms with van der Waals surface area (Å²) >= 11 is 3.17. The number of ether oxygens (including phenoxy) is 1. The first-order valence-electron chi connectivity index (χ1n) is 7.02. The second kappa shape index (κ2) is 4.48. The van der Waals surface area contributed by atoms with Gasteiger partial charge in [-0.3, -0.25) is 19.7 Å². The van der Waals surface area contributed by atoms with Gasteiger partial charge < -0.3 is 4.74 Å². The molecule has 0 aromatic heterocycles. The van der Waals surface area contributed by atoms with Crippen LogP contribution in [0, 0.1) is 22.0 Å². The maximum atomic E-state index is 12.8. The number of rotatable bonds is 2. The van der Waals surface area contributed by atoms with Gasteiger partial charge in [0, 0.05) is 10.5 Å². The summed E-state index contributed by atoms with van der Waals surface area (Å²) in [7, 11) is 0. The van der Waals surface area contributed by atoms with Crippen molar-refractivity contribution in [1.29, 1.82) is 0 Å². The Hall–Kier alpha value is -2.06. The van der Waals surface area contributed by atoms with E-state index in [2.05, 4.69) is 15.9 Å². The molecule has 7 nitrogen and oxygen atoms in total. The molecule has 118 valence electrons. The van der Waals surface area contributed by atoms with Gasteiger partial charge in [-0.15, -0.1) is 0 Å². The van der Waals surface area contributed by atoms with Crippen molar-refractivity contribution in [2.45, 2.75) is 18.6 Å². The van der Waals surface area contributed by atoms with Gasteiger partial charge in [-0.25, -0.2) is 4.90 Å². The number of nitro benzene ring substituents is 1. The Labute approximate surface area is 139 Å². The number of nitrogens with zero attached hydrogens (tertiary/aromatic N) is 2. The molecule has 1 aromatic rings. The van der Waals surface area contributed by atoms with Crippen LogP contribution in [-0.2, 0) is 14.3 Å². The van der Waals surface area contributed by atoms with Gasteiger partial charge in [0.1, 0.15) is 5.69 Å². The highest BCUT2D eigenvalue weighted by atomic mass is 79.9. The van der Waals surface area contributed by atoms with Crippen molar-refractivity contribution in [3.05, 3.63) is 44.9 Å². The molecule has 0 N–H and O–H groups in total. The predicted molar refractivity (Wildman–Crippen MR) is 82.7 cm³/mol. The van der Waals surface area contributed by atoms with Crippen molar-refractivity contribution < 1.29 is 19.2 Å². The van der Waals surface area contributed by atoms with Crippen LogP contribution in [0.15, 0.2) is 34.8 Å². The molecule has 0 spiro atoms. The lowest BCUT2D eigenvalue weighted by molar-refractivity contribution is -0.384. The van der Waals surface area contributed by atoms with Crippen LogP contribution in [0.4, 0.5) is 11.4 Å². The minimum absolute atomic E-state index is 0.00519. The molecule has 3 aliphatic heterocycles. The molecule has 8 heteroatoms. The average Bonchev–Trinajstić information content (AvgIpc) is 3.09. The Kier molecular flexibility index (Phi) is 2.83. The van der Waals surface area contributed by atoms with E-state index in [9.17, 15) is 19.7 Å². The van der Waals surface area contributed by atoms with Crippen LogP contribution in [0.2, 0.25) is 0 Å². The van der Waals surface area contributed by atoms with Gasteiger partial charge in [-0.2, -0.15) is 0 Å². The van der Waals surface area contributed by atoms with Gasteiger partial charge in [0.15, 0.2) is 0 Å². The number of imide groups is 1. The maximum absolute atomic E-state index is 12.8. The van der Waals surface area contributed by atoms with Crippen LogP contribution in [0.1, 0.15) is 6.92 Å². The van der Waals surface area contributed by atoms with Gasteiger partial charge in [-0.1, -0.05) is 28.1 Å². The Morgan fingerprint density at radius 2 is 2.09 bits per heavy atom. The second-order valence-electron chi connectivity index (χ2n) is 6.03. The summed E-state index contributed by atoms with van der Waals surface area (Å²) in [6.45, 7) is 1.76. The van der Waals surface area contributed by atoms with Crippen LogP contribution in [0.3, 0.4) is 0 Å². The van der Waals surface area contributed by atoms with E-state index in [1.165, 1.54) is 12.1 Å². The summed E-state index contributed by atoms with van der Waals surface area (Å²) in [6, 6.07) is 4.27. The van der Waals surface area contributed by atoms with E-state index in [-0.39, 0.29) is 11.4 Å². The number of nitro groups is 1. The molecule has 4 rings (SSSR count). The highest BCUT2D eigenvalue weighted by Crippen LogP contribution is 2.53. The van der Waals surface area contributed by atoms with E-state index < -0.39 is 40.3 Å². The topological polar surface area (TPSA) is 89.8 Å². The third kappa shape index (κ3) is 1.79. The number of carbonyl (C=O) groups excluding carboxylic acids is 2. The second-order valence-corrected chi connectivity index (χ2v) is 6.95. The first kappa shape index (κ1) is 14.5. The molecule has 0 unspecified atom stereocenters. The van der Waals surface area contributed by atoms with Gasteiger partial charge >= 0.3 is 0 Å². The van der Waals surface area contributed by atoms with Gasteiger partial charge in [0.2, 0.25) is 11.8 Å². The number of anilines is 1. The minimum Gasteiger partial charge on any atom is -0.362 e. The van der Waals surface area contributed by atoms with Gasteiger partial charge in [-0.05, 0) is 19.1 Å². The molecule has 2 bridgehead atoms. The zero-order chi connectivity index (χ0) is 16.5. The Balaban J connectivity index is 1.83. The first-order chi connectivity index (χ1) is 10.8. The van der Waals surface area contributed by atoms with Gasteiger partial charge in [0.25, 0.3) is 5.69 Å². The number of hydrogen-bond donors (Lipinski definition) is 0. The van der Waals surface area contributed by atoms with Gasteiger partial charge in [0.05, 0.1) is 28.5 Å². The van der Waals surface area contributed by atoms with Crippen molar-refractivity contribution in [2.75, 3.05) is 4.90 Å². The molecule has 23 heavy (non-hydrogen) atoms. The summed E-state index contributed by atoms with van der Waals surface area (Å²) < 4.78 is 6.23. The van der Waals surface area contributed by atoms with Crippen molar-refractivity contribution in [3.63, 3.8) is 0 Å². The van der Waals surface area contributed by atoms with Crippen molar-refractivity contribution in [2.24, 2.45) is 11.8 Å². The van der Waals surface area contributed by atoms with Crippen molar-refractivity contribution >= 4 is 39.1 Å². The van der Waals surface area contributed by atoms with Crippen molar-refractivity contribution in [1.82, 2.24) is 0 Å². The molecule has 0 saturated carbocycles. The largest absolute Gasteiger partial charge is 0.362 e. The van der Waals surface area contributed by atoms with E-state index in [0.29, 0.717) is 4.47 Å². The molecule has 0 aliphatic carbocycles. The molecule has 3 aliphatic rings. The monoisotopic (exact) mass is 378 g/mol. The standard InChI is InChI=1S/C15H11BrN2O5/c1-15-5-4-10(23-15)11-12(15)14(20)17(13(11)19)8-3-2-7(16)6-9(8)18(21)22/h2-6,10-12H,1H3/t10-,11+,12+,15-/m0/s1. The average molecular weight is 379 g/mol. The van der Waals surface area contributed by atoms with E-state index >= 15 is 0 Å². The van der Waals surface area contributed by atoms with Crippen LogP contribution in [0.5, 0.6) is 0 Å². The molecular weight excluding hydrogens is 368 g/mol. The zero-order valence-electron chi connectivity index (χ0n) is 11.9. The Morgan fingerprint density at radius 3 is 2.74 bits per heavy atom. The fraction of sp³-hybridized carbons (Fsp3) is 0.333. The van der Waals surface area contributed by atoms with Crippen molar-refractivity contribution in [3.8, 4) is 0 Å². The summed E-state index contributed by atoms with van der Waals surface area (Å²) in [4.78, 5) is 37.2. The maximum Gasteiger partial charge on any atom is 0.294 e. The number of amides is 2. The summed E-state index contributed by atoms with van der Waals surface area (Å²) in [6.07, 6.45) is 3.14. The minimum atomic E-state index is -0.818. The van der Waals surface area contributed by atoms with E-state index in [1.807, 2.05) is 0 Å². The molecular formula is C15H11BrN2O5. The molecule has 0 radical (unpaired) electrons. The fourth-order valence-electron chi connectivity index (χ4n) is 3.72. The van der Waals surface area contributed by atoms with E-state index in [0.717, 1.165) is 4.90 Å². The highest BCUT2D eigenvalue weighted by molar-refractivity contribution is 9.10. The third-order valence-electron chi connectivity index (χ3n) is 4.70. The summed E-state index contributed by atoms with van der Waals surface area (Å²) in [5, 5.41) is 11.3. The molecule has 3 heterocycles. The third-order valence-corrected chi connectivity index (χ3v) is 5.20. The molecule has 4 atom stereocenters. The summed E-state index contributed by atoms with van der Waals surface area (Å²) in [5.74, 6) is -2.13. The number of fused-ring (bicyclic) bond motifs is 5. The number of benzene rings is 1. The first-order valence-corrected chi connectivity index (χ1v) is 7.82. The lowest BCUT2D eigenvalue weighted by Crippen LogP contribution is -2.38. The van der Waals surface area contributed by atoms with Crippen LogP contribution >= 0.6 is 15.9 Å². The summed E-state index contributed by atoms with van der Waals surface area (Å²) in [5.41, 5.74) is -1.10. The predicted octanol–water partition coefficient (Wildman–Crippen LogP) is 2.19. The smallest absolute Gasteiger partial charge is 0.294 e. The van der Waals surface area contributed by atoms with Crippen LogP contribution < -0.4 is 4.90 Å².